The van der Waals surface area contributed by atoms with Crippen molar-refractivity contribution < 1.29 is 15.8 Å². The van der Waals surface area contributed by atoms with Crippen molar-refractivity contribution in [2.75, 3.05) is 17.3 Å². The minimum Gasteiger partial charge on any atom is -0.345 e. The predicted molar refractivity (Wildman–Crippen MR) is 77.9 cm³/mol. The Bertz CT molecular complexity index is 339. The molecule has 0 aromatic heterocycles. The highest BCUT2D eigenvalue weighted by molar-refractivity contribution is 8.14. The smallest absolute Gasteiger partial charge is 0.230 e. The van der Waals surface area contributed by atoms with Gasteiger partial charge in [0.25, 0.3) is 0 Å². The zero-order valence-electron chi connectivity index (χ0n) is 10.7. The van der Waals surface area contributed by atoms with E-state index < -0.39 is 0 Å². The molecule has 0 saturated carbocycles. The van der Waals surface area contributed by atoms with Crippen LogP contribution in [0.15, 0.2) is 0 Å². The van der Waals surface area contributed by atoms with Crippen LogP contribution < -0.4 is 5.32 Å². The Labute approximate surface area is 118 Å². The van der Waals surface area contributed by atoms with Crippen LogP contribution in [0, 0.1) is 5.92 Å². The third kappa shape index (κ3) is 5.02. The van der Waals surface area contributed by atoms with Crippen molar-refractivity contribution in [1.82, 2.24) is 5.32 Å². The average molecular weight is 291 g/mol. The first-order chi connectivity index (χ1) is 8.54. The Balaban J connectivity index is 0.00000324. The summed E-state index contributed by atoms with van der Waals surface area (Å²) in [6.07, 6.45) is 1.55. The van der Waals surface area contributed by atoms with E-state index in [4.69, 9.17) is 0 Å². The molecule has 0 bridgehead atoms. The van der Waals surface area contributed by atoms with Crippen molar-refractivity contribution in [3.05, 3.63) is 0 Å². The molecule has 1 amide bonds. The molecule has 1 aliphatic heterocycles. The maximum absolute atomic E-state index is 11.6. The van der Waals surface area contributed by atoms with Crippen LogP contribution in [0.5, 0.6) is 0 Å². The second-order valence-electron chi connectivity index (χ2n) is 4.34. The van der Waals surface area contributed by atoms with Crippen molar-refractivity contribution in [2.45, 2.75) is 32.7 Å². The van der Waals surface area contributed by atoms with Crippen molar-refractivity contribution in [2.24, 2.45) is 5.92 Å². The van der Waals surface area contributed by atoms with Crippen LogP contribution >= 0.6 is 23.5 Å². The topological polar surface area (TPSA) is 63.2 Å². The standard InChI is InChI=1S/C12H19NO3S2.H2/c1-3-8(2)10(14)6-17-7-11(15)13-9-4-5-18-12(9)16;/h8-9H,3-7H2,1-2H3,(H,13,15);1H. The molecule has 0 aromatic carbocycles. The number of rotatable bonds is 7. The van der Waals surface area contributed by atoms with Gasteiger partial charge < -0.3 is 5.32 Å². The first-order valence-electron chi connectivity index (χ1n) is 6.11. The van der Waals surface area contributed by atoms with Gasteiger partial charge in [0.1, 0.15) is 5.78 Å². The monoisotopic (exact) mass is 291 g/mol. The minimum absolute atomic E-state index is 0. The molecule has 0 aliphatic carbocycles. The van der Waals surface area contributed by atoms with Gasteiger partial charge >= 0.3 is 0 Å². The predicted octanol–water partition coefficient (Wildman–Crippen LogP) is 1.73. The summed E-state index contributed by atoms with van der Waals surface area (Å²) in [4.78, 5) is 34.4. The quantitative estimate of drug-likeness (QED) is 0.774. The SMILES string of the molecule is CCC(C)C(=O)CSCC(=O)NC1CCSC1=O.[HH]. The van der Waals surface area contributed by atoms with E-state index in [9.17, 15) is 14.4 Å². The second-order valence-corrected chi connectivity index (χ2v) is 6.43. The first-order valence-corrected chi connectivity index (χ1v) is 8.25. The van der Waals surface area contributed by atoms with Gasteiger partial charge in [-0.1, -0.05) is 25.6 Å². The molecule has 1 fully saturated rings. The van der Waals surface area contributed by atoms with Crippen molar-refractivity contribution in [3.63, 3.8) is 0 Å². The molecule has 1 rings (SSSR count). The summed E-state index contributed by atoms with van der Waals surface area (Å²) in [7, 11) is 0. The largest absolute Gasteiger partial charge is 0.345 e. The summed E-state index contributed by atoms with van der Waals surface area (Å²) in [6, 6.07) is -0.326. The number of hydrogen-bond acceptors (Lipinski definition) is 5. The van der Waals surface area contributed by atoms with Crippen LogP contribution in [0.4, 0.5) is 0 Å². The van der Waals surface area contributed by atoms with Crippen LogP contribution in [-0.2, 0) is 14.4 Å². The lowest BCUT2D eigenvalue weighted by Crippen LogP contribution is -2.38. The lowest BCUT2D eigenvalue weighted by atomic mass is 10.1. The molecular weight excluding hydrogens is 270 g/mol. The van der Waals surface area contributed by atoms with Gasteiger partial charge in [-0.3, -0.25) is 14.4 Å². The Morgan fingerprint density at radius 3 is 2.83 bits per heavy atom. The second kappa shape index (κ2) is 7.84. The van der Waals surface area contributed by atoms with Crippen molar-refractivity contribution >= 4 is 40.3 Å². The summed E-state index contributed by atoms with van der Waals surface area (Å²) < 4.78 is 0. The van der Waals surface area contributed by atoms with E-state index in [2.05, 4.69) is 5.32 Å². The number of hydrogen-bond donors (Lipinski definition) is 1. The van der Waals surface area contributed by atoms with Gasteiger partial charge in [-0.15, -0.1) is 11.8 Å². The zero-order valence-corrected chi connectivity index (χ0v) is 12.4. The van der Waals surface area contributed by atoms with Gasteiger partial charge in [0, 0.05) is 13.1 Å². The third-order valence-electron chi connectivity index (χ3n) is 2.91. The molecule has 6 heteroatoms. The summed E-state index contributed by atoms with van der Waals surface area (Å²) in [5.74, 6) is 1.49. The average Bonchev–Trinajstić information content (AvgIpc) is 2.73. The molecule has 1 N–H and O–H groups in total. The number of Topliss-reactive ketones (excluding diaryl/α,β-unsaturated/α-hetero) is 1. The molecule has 4 nitrogen and oxygen atoms in total. The summed E-state index contributed by atoms with van der Waals surface area (Å²) in [5, 5.41) is 2.75. The Morgan fingerprint density at radius 1 is 1.56 bits per heavy atom. The number of nitrogens with one attached hydrogen (secondary N) is 1. The van der Waals surface area contributed by atoms with Crippen molar-refractivity contribution in [3.8, 4) is 0 Å². The molecule has 0 aromatic rings. The molecule has 104 valence electrons. The van der Waals surface area contributed by atoms with Gasteiger partial charge in [0.2, 0.25) is 11.0 Å². The summed E-state index contributed by atoms with van der Waals surface area (Å²) in [6.45, 7) is 3.88. The number of carbonyl (C=O) groups is 3. The van der Waals surface area contributed by atoms with Crippen LogP contribution in [0.2, 0.25) is 0 Å². The van der Waals surface area contributed by atoms with E-state index in [1.54, 1.807) is 0 Å². The number of amides is 1. The Kier molecular flexibility index (Phi) is 6.78. The minimum atomic E-state index is -0.326. The number of thioether (sulfide) groups is 2. The molecule has 1 aliphatic rings. The van der Waals surface area contributed by atoms with Gasteiger partial charge in [0.15, 0.2) is 0 Å². The first kappa shape index (κ1) is 15.6. The fraction of sp³-hybridized carbons (Fsp3) is 0.750. The lowest BCUT2D eigenvalue weighted by Gasteiger charge is -2.10. The van der Waals surface area contributed by atoms with Gasteiger partial charge in [0.05, 0.1) is 17.5 Å². The van der Waals surface area contributed by atoms with Crippen LogP contribution in [0.1, 0.15) is 28.1 Å². The molecule has 18 heavy (non-hydrogen) atoms. The zero-order chi connectivity index (χ0) is 13.5. The highest BCUT2D eigenvalue weighted by Crippen LogP contribution is 2.19. The van der Waals surface area contributed by atoms with E-state index in [-0.39, 0.29) is 35.9 Å². The molecule has 2 atom stereocenters. The van der Waals surface area contributed by atoms with Crippen molar-refractivity contribution in [1.29, 1.82) is 0 Å². The van der Waals surface area contributed by atoms with Crippen LogP contribution in [0.3, 0.4) is 0 Å². The van der Waals surface area contributed by atoms with Gasteiger partial charge in [-0.25, -0.2) is 0 Å². The van der Waals surface area contributed by atoms with E-state index in [0.717, 1.165) is 12.2 Å². The normalized spacial score (nSPS) is 20.8. The maximum Gasteiger partial charge on any atom is 0.230 e. The van der Waals surface area contributed by atoms with Gasteiger partial charge in [-0.05, 0) is 12.8 Å². The number of carbonyl (C=O) groups excluding carboxylic acids is 3. The highest BCUT2D eigenvalue weighted by Gasteiger charge is 2.26. The molecule has 2 unspecified atom stereocenters. The Hall–Kier alpha value is -0.490. The number of ketones is 1. The fourth-order valence-corrected chi connectivity index (χ4v) is 3.27. The maximum atomic E-state index is 11.6. The van der Waals surface area contributed by atoms with E-state index in [1.165, 1.54) is 23.5 Å². The molecule has 1 saturated heterocycles. The Morgan fingerprint density at radius 2 is 2.28 bits per heavy atom. The van der Waals surface area contributed by atoms with Crippen LogP contribution in [-0.4, -0.2) is 40.1 Å². The van der Waals surface area contributed by atoms with E-state index >= 15 is 0 Å². The lowest BCUT2D eigenvalue weighted by molar-refractivity contribution is -0.122. The van der Waals surface area contributed by atoms with Crippen LogP contribution in [0.25, 0.3) is 0 Å². The highest BCUT2D eigenvalue weighted by atomic mass is 32.2. The van der Waals surface area contributed by atoms with E-state index in [1.807, 2.05) is 13.8 Å². The summed E-state index contributed by atoms with van der Waals surface area (Å²) in [5.41, 5.74) is 0. The van der Waals surface area contributed by atoms with E-state index in [0.29, 0.717) is 12.2 Å². The third-order valence-corrected chi connectivity index (χ3v) is 4.87. The summed E-state index contributed by atoms with van der Waals surface area (Å²) >= 11 is 2.59. The fourth-order valence-electron chi connectivity index (χ4n) is 1.48. The molecule has 1 heterocycles. The molecule has 0 spiro atoms. The molecule has 0 radical (unpaired) electrons. The molecular formula is C12H21NO3S2. The van der Waals surface area contributed by atoms with Gasteiger partial charge in [-0.2, -0.15) is 0 Å².